The zero-order chi connectivity index (χ0) is 15.1. The van der Waals surface area contributed by atoms with Crippen molar-refractivity contribution in [3.05, 3.63) is 41.5 Å². The predicted molar refractivity (Wildman–Crippen MR) is 81.6 cm³/mol. The highest BCUT2D eigenvalue weighted by Crippen LogP contribution is 2.20. The molecule has 1 aromatic heterocycles. The highest BCUT2D eigenvalue weighted by atomic mass is 16.5. The van der Waals surface area contributed by atoms with Gasteiger partial charge in [0.25, 0.3) is 0 Å². The van der Waals surface area contributed by atoms with Crippen LogP contribution in [0.4, 0.5) is 0 Å². The fraction of sp³-hybridized carbons (Fsp3) is 0.500. The Morgan fingerprint density at radius 3 is 2.81 bits per heavy atom. The maximum Gasteiger partial charge on any atom is 0.228 e. The lowest BCUT2D eigenvalue weighted by atomic mass is 10.1. The normalized spacial score (nSPS) is 12.3. The van der Waals surface area contributed by atoms with Gasteiger partial charge >= 0.3 is 0 Å². The molecule has 0 spiro atoms. The average molecular weight is 289 g/mol. The molecular formula is C16H23N3O2. The van der Waals surface area contributed by atoms with E-state index in [-0.39, 0.29) is 0 Å². The van der Waals surface area contributed by atoms with Crippen LogP contribution in [0.5, 0.6) is 5.75 Å². The Bertz CT molecular complexity index is 554. The standard InChI is InChI=1S/C16H23N3O2/c1-4-13(17-5-2)11-16-18-15(19-21-16)10-12-8-6-7-9-14(12)20-3/h6-9,13,17H,4-5,10-11H2,1-3H3. The number of benzene rings is 1. The van der Waals surface area contributed by atoms with Crippen molar-refractivity contribution in [3.63, 3.8) is 0 Å². The molecule has 2 rings (SSSR count). The van der Waals surface area contributed by atoms with Crippen LogP contribution in [-0.4, -0.2) is 29.8 Å². The van der Waals surface area contributed by atoms with Crippen LogP contribution in [0.25, 0.3) is 0 Å². The molecule has 114 valence electrons. The number of nitrogens with one attached hydrogen (secondary N) is 1. The average Bonchev–Trinajstić information content (AvgIpc) is 2.94. The number of para-hydroxylation sites is 1. The summed E-state index contributed by atoms with van der Waals surface area (Å²) in [6, 6.07) is 8.27. The molecule has 1 atom stereocenters. The maximum absolute atomic E-state index is 5.35. The number of rotatable bonds is 8. The molecule has 1 aromatic carbocycles. The summed E-state index contributed by atoms with van der Waals surface area (Å²) in [7, 11) is 1.67. The van der Waals surface area contributed by atoms with E-state index in [1.165, 1.54) is 0 Å². The van der Waals surface area contributed by atoms with Crippen molar-refractivity contribution in [2.75, 3.05) is 13.7 Å². The molecule has 1 heterocycles. The van der Waals surface area contributed by atoms with E-state index in [2.05, 4.69) is 29.3 Å². The molecule has 0 aliphatic carbocycles. The summed E-state index contributed by atoms with van der Waals surface area (Å²) in [5.74, 6) is 2.23. The lowest BCUT2D eigenvalue weighted by Crippen LogP contribution is -2.30. The Morgan fingerprint density at radius 1 is 1.29 bits per heavy atom. The molecule has 0 bridgehead atoms. The first kappa shape index (κ1) is 15.5. The molecule has 5 nitrogen and oxygen atoms in total. The van der Waals surface area contributed by atoms with Crippen molar-refractivity contribution in [1.29, 1.82) is 0 Å². The second kappa shape index (κ2) is 7.78. The Morgan fingerprint density at radius 2 is 2.10 bits per heavy atom. The quantitative estimate of drug-likeness (QED) is 0.809. The summed E-state index contributed by atoms with van der Waals surface area (Å²) in [5.41, 5.74) is 1.06. The number of methoxy groups -OCH3 is 1. The molecule has 0 aliphatic rings. The summed E-state index contributed by atoms with van der Waals surface area (Å²) < 4.78 is 10.7. The van der Waals surface area contributed by atoms with Gasteiger partial charge in [0.15, 0.2) is 5.82 Å². The minimum absolute atomic E-state index is 0.384. The van der Waals surface area contributed by atoms with E-state index in [1.54, 1.807) is 7.11 Å². The van der Waals surface area contributed by atoms with Crippen LogP contribution >= 0.6 is 0 Å². The molecule has 0 aliphatic heterocycles. The van der Waals surface area contributed by atoms with Crippen LogP contribution in [0.3, 0.4) is 0 Å². The Balaban J connectivity index is 2.03. The third-order valence-corrected chi connectivity index (χ3v) is 3.46. The van der Waals surface area contributed by atoms with Gasteiger partial charge in [-0.1, -0.05) is 37.2 Å². The highest BCUT2D eigenvalue weighted by molar-refractivity contribution is 5.35. The number of nitrogens with zero attached hydrogens (tertiary/aromatic N) is 2. The summed E-state index contributed by atoms with van der Waals surface area (Å²) in [6.45, 7) is 5.20. The minimum Gasteiger partial charge on any atom is -0.496 e. The van der Waals surface area contributed by atoms with Crippen LogP contribution in [0.15, 0.2) is 28.8 Å². The number of ether oxygens (including phenoxy) is 1. The van der Waals surface area contributed by atoms with E-state index in [1.807, 2.05) is 24.3 Å². The zero-order valence-corrected chi connectivity index (χ0v) is 12.9. The second-order valence-corrected chi connectivity index (χ2v) is 4.96. The van der Waals surface area contributed by atoms with E-state index in [4.69, 9.17) is 9.26 Å². The Kier molecular flexibility index (Phi) is 5.75. The van der Waals surface area contributed by atoms with Gasteiger partial charge in [0, 0.05) is 24.4 Å². The second-order valence-electron chi connectivity index (χ2n) is 4.96. The molecule has 0 saturated heterocycles. The van der Waals surface area contributed by atoms with Gasteiger partial charge in [-0.3, -0.25) is 0 Å². The van der Waals surface area contributed by atoms with Gasteiger partial charge < -0.3 is 14.6 Å². The van der Waals surface area contributed by atoms with Gasteiger partial charge in [-0.05, 0) is 19.0 Å². The first-order valence-electron chi connectivity index (χ1n) is 7.43. The summed E-state index contributed by atoms with van der Waals surface area (Å²) >= 11 is 0. The van der Waals surface area contributed by atoms with Crippen molar-refractivity contribution in [2.24, 2.45) is 0 Å². The summed E-state index contributed by atoms with van der Waals surface area (Å²) in [4.78, 5) is 4.48. The third-order valence-electron chi connectivity index (χ3n) is 3.46. The van der Waals surface area contributed by atoms with Gasteiger partial charge in [-0.15, -0.1) is 0 Å². The van der Waals surface area contributed by atoms with Gasteiger partial charge in [0.05, 0.1) is 7.11 Å². The molecule has 1 unspecified atom stereocenters. The van der Waals surface area contributed by atoms with Crippen molar-refractivity contribution < 1.29 is 9.26 Å². The molecule has 0 saturated carbocycles. The van der Waals surface area contributed by atoms with Crippen LogP contribution in [0, 0.1) is 0 Å². The molecular weight excluding hydrogens is 266 g/mol. The maximum atomic E-state index is 5.35. The topological polar surface area (TPSA) is 60.2 Å². The highest BCUT2D eigenvalue weighted by Gasteiger charge is 2.13. The molecule has 0 amide bonds. The number of likely N-dealkylation sites (N-methyl/N-ethyl adjacent to an activating group) is 1. The van der Waals surface area contributed by atoms with Gasteiger partial charge in [-0.2, -0.15) is 4.98 Å². The first-order valence-corrected chi connectivity index (χ1v) is 7.43. The Hall–Kier alpha value is -1.88. The fourth-order valence-corrected chi connectivity index (χ4v) is 2.32. The van der Waals surface area contributed by atoms with E-state index in [0.717, 1.165) is 30.7 Å². The molecule has 0 fully saturated rings. The Labute approximate surface area is 125 Å². The van der Waals surface area contributed by atoms with E-state index in [9.17, 15) is 0 Å². The predicted octanol–water partition coefficient (Wildman–Crippen LogP) is 2.60. The van der Waals surface area contributed by atoms with E-state index >= 15 is 0 Å². The van der Waals surface area contributed by atoms with Crippen molar-refractivity contribution >= 4 is 0 Å². The molecule has 2 aromatic rings. The first-order chi connectivity index (χ1) is 10.3. The summed E-state index contributed by atoms with van der Waals surface area (Å²) in [6.07, 6.45) is 2.42. The van der Waals surface area contributed by atoms with Crippen LogP contribution in [-0.2, 0) is 12.8 Å². The molecule has 21 heavy (non-hydrogen) atoms. The molecule has 1 N–H and O–H groups in total. The van der Waals surface area contributed by atoms with Crippen LogP contribution < -0.4 is 10.1 Å². The van der Waals surface area contributed by atoms with E-state index < -0.39 is 0 Å². The summed E-state index contributed by atoms with van der Waals surface area (Å²) in [5, 5.41) is 7.48. The number of hydrogen-bond donors (Lipinski definition) is 1. The molecule has 0 radical (unpaired) electrons. The van der Waals surface area contributed by atoms with Crippen molar-refractivity contribution in [3.8, 4) is 5.75 Å². The van der Waals surface area contributed by atoms with Gasteiger partial charge in [0.2, 0.25) is 5.89 Å². The van der Waals surface area contributed by atoms with Crippen molar-refractivity contribution in [2.45, 2.75) is 39.2 Å². The minimum atomic E-state index is 0.384. The van der Waals surface area contributed by atoms with Crippen LogP contribution in [0.1, 0.15) is 37.5 Å². The lowest BCUT2D eigenvalue weighted by Gasteiger charge is -2.12. The number of aromatic nitrogens is 2. The molecule has 5 heteroatoms. The van der Waals surface area contributed by atoms with Crippen molar-refractivity contribution in [1.82, 2.24) is 15.5 Å². The smallest absolute Gasteiger partial charge is 0.228 e. The fourth-order valence-electron chi connectivity index (χ4n) is 2.32. The largest absolute Gasteiger partial charge is 0.496 e. The van der Waals surface area contributed by atoms with Gasteiger partial charge in [0.1, 0.15) is 5.75 Å². The van der Waals surface area contributed by atoms with Crippen LogP contribution in [0.2, 0.25) is 0 Å². The zero-order valence-electron chi connectivity index (χ0n) is 12.9. The van der Waals surface area contributed by atoms with Gasteiger partial charge in [-0.25, -0.2) is 0 Å². The number of hydrogen-bond acceptors (Lipinski definition) is 5. The third kappa shape index (κ3) is 4.29. The SMILES string of the molecule is CCNC(CC)Cc1nc(Cc2ccccc2OC)no1. The monoisotopic (exact) mass is 289 g/mol. The van der Waals surface area contributed by atoms with E-state index in [0.29, 0.717) is 24.2 Å². The lowest BCUT2D eigenvalue weighted by molar-refractivity contribution is 0.352.